The van der Waals surface area contributed by atoms with Crippen LogP contribution in [0.2, 0.25) is 0 Å². The van der Waals surface area contributed by atoms with Crippen molar-refractivity contribution in [3.05, 3.63) is 0 Å². The zero-order chi connectivity index (χ0) is 10.4. The number of rotatable bonds is 5. The summed E-state index contributed by atoms with van der Waals surface area (Å²) in [5.74, 6) is 0.139. The number of carbonyl (C=O) groups is 1. The van der Waals surface area contributed by atoms with Gasteiger partial charge in [-0.15, -0.1) is 0 Å². The molecule has 0 radical (unpaired) electrons. The van der Waals surface area contributed by atoms with Crippen LogP contribution in [0.5, 0.6) is 0 Å². The van der Waals surface area contributed by atoms with Gasteiger partial charge >= 0.3 is 0 Å². The van der Waals surface area contributed by atoms with Crippen LogP contribution in [0.15, 0.2) is 0 Å². The fourth-order valence-corrected chi connectivity index (χ4v) is 2.03. The first-order chi connectivity index (χ1) is 6.77. The molecule has 1 fully saturated rings. The Hall–Kier alpha value is -0.610. The van der Waals surface area contributed by atoms with E-state index in [1.165, 1.54) is 12.8 Å². The Balaban J connectivity index is 2.25. The Morgan fingerprint density at radius 2 is 2.29 bits per heavy atom. The molecule has 0 aromatic heterocycles. The number of hydrogen-bond donors (Lipinski definition) is 2. The first-order valence-electron chi connectivity index (χ1n) is 5.37. The lowest BCUT2D eigenvalue weighted by molar-refractivity contribution is -0.120. The minimum absolute atomic E-state index is 0.139. The van der Waals surface area contributed by atoms with Crippen LogP contribution < -0.4 is 10.6 Å². The smallest absolute Gasteiger partial charge is 0.221 e. The number of nitrogens with zero attached hydrogens (tertiary/aromatic N) is 1. The van der Waals surface area contributed by atoms with Crippen LogP contribution in [-0.4, -0.2) is 50.6 Å². The van der Waals surface area contributed by atoms with Crippen molar-refractivity contribution in [2.75, 3.05) is 33.7 Å². The summed E-state index contributed by atoms with van der Waals surface area (Å²) < 4.78 is 0. The average molecular weight is 199 g/mol. The summed E-state index contributed by atoms with van der Waals surface area (Å²) in [7, 11) is 3.67. The zero-order valence-corrected chi connectivity index (χ0v) is 9.18. The summed E-state index contributed by atoms with van der Waals surface area (Å²) in [4.78, 5) is 13.5. The molecule has 0 aromatic carbocycles. The van der Waals surface area contributed by atoms with Crippen LogP contribution in [0.1, 0.15) is 19.3 Å². The lowest BCUT2D eigenvalue weighted by Gasteiger charge is -2.23. The van der Waals surface area contributed by atoms with Crippen LogP contribution in [0.3, 0.4) is 0 Å². The van der Waals surface area contributed by atoms with Gasteiger partial charge < -0.3 is 10.6 Å². The number of likely N-dealkylation sites (N-methyl/N-ethyl adjacent to an activating group) is 1. The molecule has 0 aromatic rings. The molecule has 1 rings (SSSR count). The summed E-state index contributed by atoms with van der Waals surface area (Å²) in [6, 6.07) is 0.629. The lowest BCUT2D eigenvalue weighted by atomic mass is 10.2. The van der Waals surface area contributed by atoms with Crippen molar-refractivity contribution in [2.24, 2.45) is 0 Å². The van der Waals surface area contributed by atoms with E-state index in [9.17, 15) is 4.79 Å². The van der Waals surface area contributed by atoms with E-state index in [1.54, 1.807) is 7.05 Å². The van der Waals surface area contributed by atoms with Crippen molar-refractivity contribution in [1.29, 1.82) is 0 Å². The Kier molecular flexibility index (Phi) is 4.90. The molecule has 4 nitrogen and oxygen atoms in total. The van der Waals surface area contributed by atoms with Crippen LogP contribution in [0.4, 0.5) is 0 Å². The molecular formula is C10H21N3O. The van der Waals surface area contributed by atoms with Crippen LogP contribution in [0.25, 0.3) is 0 Å². The highest BCUT2D eigenvalue weighted by molar-refractivity contribution is 5.75. The molecule has 1 amide bonds. The second kappa shape index (κ2) is 5.98. The second-order valence-corrected chi connectivity index (χ2v) is 3.81. The first kappa shape index (κ1) is 11.5. The van der Waals surface area contributed by atoms with Crippen molar-refractivity contribution >= 4 is 5.91 Å². The normalized spacial score (nSPS) is 22.6. The average Bonchev–Trinajstić information content (AvgIpc) is 2.62. The summed E-state index contributed by atoms with van der Waals surface area (Å²) in [5.41, 5.74) is 0. The minimum Gasteiger partial charge on any atom is -0.359 e. The van der Waals surface area contributed by atoms with Gasteiger partial charge in [-0.25, -0.2) is 0 Å². The molecule has 1 heterocycles. The van der Waals surface area contributed by atoms with Crippen molar-refractivity contribution in [2.45, 2.75) is 25.3 Å². The molecule has 82 valence electrons. The van der Waals surface area contributed by atoms with Crippen molar-refractivity contribution in [3.63, 3.8) is 0 Å². The van der Waals surface area contributed by atoms with Gasteiger partial charge in [0.1, 0.15) is 0 Å². The molecule has 0 bridgehead atoms. The molecule has 1 unspecified atom stereocenters. The molecule has 4 heteroatoms. The van der Waals surface area contributed by atoms with E-state index in [4.69, 9.17) is 0 Å². The molecule has 0 spiro atoms. The topological polar surface area (TPSA) is 44.4 Å². The predicted molar refractivity (Wildman–Crippen MR) is 57.2 cm³/mol. The molecule has 2 N–H and O–H groups in total. The van der Waals surface area contributed by atoms with Gasteiger partial charge in [0.25, 0.3) is 0 Å². The summed E-state index contributed by atoms with van der Waals surface area (Å²) in [5, 5.41) is 5.85. The van der Waals surface area contributed by atoms with E-state index >= 15 is 0 Å². The molecule has 1 saturated heterocycles. The quantitative estimate of drug-likeness (QED) is 0.645. The highest BCUT2D eigenvalue weighted by atomic mass is 16.1. The van der Waals surface area contributed by atoms with Gasteiger partial charge in [0.2, 0.25) is 5.91 Å². The number of carbonyl (C=O) groups excluding carboxylic acids is 1. The monoisotopic (exact) mass is 199 g/mol. The standard InChI is InChI=1S/C10H21N3O/c1-11-8-9-4-3-6-13(9)7-5-10(14)12-2/h9,11H,3-8H2,1-2H3,(H,12,14). The van der Waals surface area contributed by atoms with Crippen molar-refractivity contribution < 1.29 is 4.79 Å². The predicted octanol–water partition coefficient (Wildman–Crippen LogP) is -0.194. The number of nitrogens with one attached hydrogen (secondary N) is 2. The van der Waals surface area contributed by atoms with Gasteiger partial charge in [-0.2, -0.15) is 0 Å². The molecule has 14 heavy (non-hydrogen) atoms. The summed E-state index contributed by atoms with van der Waals surface area (Å²) in [6.45, 7) is 3.07. The van der Waals surface area contributed by atoms with E-state index in [0.717, 1.165) is 19.6 Å². The first-order valence-corrected chi connectivity index (χ1v) is 5.37. The van der Waals surface area contributed by atoms with Crippen LogP contribution in [0, 0.1) is 0 Å². The molecule has 1 aliphatic rings. The maximum absolute atomic E-state index is 11.1. The third-order valence-corrected chi connectivity index (χ3v) is 2.84. The Morgan fingerprint density at radius 3 is 2.93 bits per heavy atom. The molecule has 1 aliphatic heterocycles. The van der Waals surface area contributed by atoms with Gasteiger partial charge in [0.05, 0.1) is 0 Å². The van der Waals surface area contributed by atoms with E-state index in [1.807, 2.05) is 7.05 Å². The Labute approximate surface area is 86.0 Å². The third-order valence-electron chi connectivity index (χ3n) is 2.84. The maximum atomic E-state index is 11.1. The zero-order valence-electron chi connectivity index (χ0n) is 9.18. The van der Waals surface area contributed by atoms with Crippen LogP contribution >= 0.6 is 0 Å². The number of hydrogen-bond acceptors (Lipinski definition) is 3. The Bertz CT molecular complexity index is 184. The van der Waals surface area contributed by atoms with Crippen molar-refractivity contribution in [3.8, 4) is 0 Å². The second-order valence-electron chi connectivity index (χ2n) is 3.81. The number of amides is 1. The van der Waals surface area contributed by atoms with Gasteiger partial charge in [0.15, 0.2) is 0 Å². The van der Waals surface area contributed by atoms with E-state index in [-0.39, 0.29) is 5.91 Å². The minimum atomic E-state index is 0.139. The summed E-state index contributed by atoms with van der Waals surface area (Å²) >= 11 is 0. The highest BCUT2D eigenvalue weighted by Gasteiger charge is 2.23. The van der Waals surface area contributed by atoms with Crippen molar-refractivity contribution in [1.82, 2.24) is 15.5 Å². The summed E-state index contributed by atoms with van der Waals surface area (Å²) in [6.07, 6.45) is 3.14. The fraction of sp³-hybridized carbons (Fsp3) is 0.900. The van der Waals surface area contributed by atoms with E-state index in [2.05, 4.69) is 15.5 Å². The van der Waals surface area contributed by atoms with Gasteiger partial charge in [-0.1, -0.05) is 0 Å². The molecular weight excluding hydrogens is 178 g/mol. The lowest BCUT2D eigenvalue weighted by Crippen LogP contribution is -2.38. The third kappa shape index (κ3) is 3.27. The van der Waals surface area contributed by atoms with E-state index in [0.29, 0.717) is 12.5 Å². The van der Waals surface area contributed by atoms with Gasteiger partial charge in [0, 0.05) is 32.6 Å². The number of likely N-dealkylation sites (tertiary alicyclic amines) is 1. The molecule has 0 aliphatic carbocycles. The molecule has 0 saturated carbocycles. The van der Waals surface area contributed by atoms with E-state index < -0.39 is 0 Å². The largest absolute Gasteiger partial charge is 0.359 e. The van der Waals surface area contributed by atoms with Gasteiger partial charge in [-0.05, 0) is 26.4 Å². The Morgan fingerprint density at radius 1 is 1.50 bits per heavy atom. The van der Waals surface area contributed by atoms with Crippen LogP contribution in [-0.2, 0) is 4.79 Å². The molecule has 1 atom stereocenters. The maximum Gasteiger partial charge on any atom is 0.221 e. The van der Waals surface area contributed by atoms with Gasteiger partial charge in [-0.3, -0.25) is 9.69 Å². The SMILES string of the molecule is CNCC1CCCN1CCC(=O)NC. The highest BCUT2D eigenvalue weighted by Crippen LogP contribution is 2.16. The fourth-order valence-electron chi connectivity index (χ4n) is 2.03.